The Hall–Kier alpha value is -10.1. The molecule has 4 rings (SSSR count). The van der Waals surface area contributed by atoms with Gasteiger partial charge in [-0.15, -0.1) is 0 Å². The fourth-order valence-corrected chi connectivity index (χ4v) is 13.5. The minimum atomic E-state index is -1.70. The maximum absolute atomic E-state index is 14.2. The van der Waals surface area contributed by atoms with Gasteiger partial charge in [-0.05, 0) is 93.7 Å². The number of carbonyl (C=O) groups excluding carboxylic acids is 13. The van der Waals surface area contributed by atoms with Gasteiger partial charge in [0.1, 0.15) is 66.5 Å². The SMILES string of the molecule is CC[C@H](C)[C@H](NC(=O)[C@H](CCC(N)=O)NC(=O)[C@@H]1CCCN1C(=O)CCCCCCCCCCCCCCCC(=O)N[C@@H](CO)C(=O)N[C@H](C(=O)N[C@@H](CC(C)C)C(=O)N[C@@H](CC(N)=O)C(=O)N[C@@H](Cc1ccccc1)C(=O)O)[C@@H](C)O)C(=O)N[C@H](C(=O)N[C@@H](CC(C)C)C(=O)N[C@@H](Cc1c[nH]c2ccccc12)C(=O)O)[C@@H](C)O. The molecule has 0 unspecified atom stereocenters. The quantitative estimate of drug-likeness (QED) is 0.0359. The van der Waals surface area contributed by atoms with E-state index >= 15 is 0 Å². The van der Waals surface area contributed by atoms with E-state index < -0.39 is 180 Å². The molecule has 34 nitrogen and oxygen atoms in total. The number of H-pyrrole nitrogens is 1. The van der Waals surface area contributed by atoms with Crippen LogP contribution in [0.15, 0.2) is 60.8 Å². The number of aromatic amines is 1. The van der Waals surface area contributed by atoms with Gasteiger partial charge in [-0.1, -0.05) is 167 Å². The maximum Gasteiger partial charge on any atom is 0.326 e. The molecule has 1 aliphatic rings. The summed E-state index contributed by atoms with van der Waals surface area (Å²) in [6.07, 6.45) is 9.84. The van der Waals surface area contributed by atoms with E-state index in [1.54, 1.807) is 84.1 Å². The van der Waals surface area contributed by atoms with E-state index in [1.165, 1.54) is 18.7 Å². The Labute approximate surface area is 666 Å². The van der Waals surface area contributed by atoms with Crippen LogP contribution in [0.4, 0.5) is 0 Å². The number of aliphatic carboxylic acids is 2. The number of carbonyl (C=O) groups is 15. The van der Waals surface area contributed by atoms with Crippen molar-refractivity contribution in [1.29, 1.82) is 0 Å². The Kier molecular flexibility index (Phi) is 42.4. The summed E-state index contributed by atoms with van der Waals surface area (Å²) in [4.78, 5) is 204. The van der Waals surface area contributed by atoms with Crippen molar-refractivity contribution < 1.29 is 97.5 Å². The molecule has 0 spiro atoms. The molecule has 2 heterocycles. The Balaban J connectivity index is 1.16. The lowest BCUT2D eigenvalue weighted by Crippen LogP contribution is -2.62. The first-order chi connectivity index (χ1) is 54.0. The van der Waals surface area contributed by atoms with Gasteiger partial charge in [0, 0.05) is 55.7 Å². The fourth-order valence-electron chi connectivity index (χ4n) is 13.5. The average molecular weight is 1600 g/mol. The molecule has 0 saturated carbocycles. The molecule has 14 atom stereocenters. The third-order valence-corrected chi connectivity index (χ3v) is 20.1. The third kappa shape index (κ3) is 33.9. The van der Waals surface area contributed by atoms with E-state index in [1.807, 2.05) is 18.2 Å². The Morgan fingerprint density at radius 2 is 0.912 bits per heavy atom. The molecule has 634 valence electrons. The molecule has 0 aliphatic carbocycles. The van der Waals surface area contributed by atoms with E-state index in [0.717, 1.165) is 81.5 Å². The number of nitrogens with zero attached hydrogens (tertiary/aromatic N) is 1. The minimum Gasteiger partial charge on any atom is -0.480 e. The number of hydrogen-bond donors (Lipinski definition) is 18. The molecule has 3 aromatic rings. The van der Waals surface area contributed by atoms with E-state index in [-0.39, 0.29) is 69.1 Å². The number of hydrogen-bond acceptors (Lipinski definition) is 18. The number of carboxylic acids is 2. The largest absolute Gasteiger partial charge is 0.480 e. The number of primary amides is 2. The fraction of sp³-hybridized carbons (Fsp3) is 0.637. The van der Waals surface area contributed by atoms with Crippen molar-refractivity contribution in [2.75, 3.05) is 13.2 Å². The lowest BCUT2D eigenvalue weighted by Gasteiger charge is -2.30. The molecule has 0 radical (unpaired) electrons. The lowest BCUT2D eigenvalue weighted by molar-refractivity contribution is -0.143. The van der Waals surface area contributed by atoms with Crippen molar-refractivity contribution >= 4 is 99.6 Å². The number of para-hydroxylation sites is 1. The second-order valence-electron chi connectivity index (χ2n) is 30.7. The number of aliphatic hydroxyl groups excluding tert-OH is 3. The molecule has 34 heteroatoms. The predicted octanol–water partition coefficient (Wildman–Crippen LogP) is 1.85. The topological polar surface area (TPSA) is 549 Å². The van der Waals surface area contributed by atoms with Gasteiger partial charge in [-0.3, -0.25) is 62.3 Å². The number of nitrogens with one attached hydrogen (secondary N) is 11. The highest BCUT2D eigenvalue weighted by Gasteiger charge is 2.41. The van der Waals surface area contributed by atoms with E-state index in [0.29, 0.717) is 49.8 Å². The predicted molar refractivity (Wildman–Crippen MR) is 422 cm³/mol. The van der Waals surface area contributed by atoms with Crippen LogP contribution in [0.3, 0.4) is 0 Å². The van der Waals surface area contributed by atoms with Gasteiger partial charge >= 0.3 is 11.9 Å². The summed E-state index contributed by atoms with van der Waals surface area (Å²) >= 11 is 0. The highest BCUT2D eigenvalue weighted by Crippen LogP contribution is 2.24. The summed E-state index contributed by atoms with van der Waals surface area (Å²) in [6, 6.07) is -0.0776. The van der Waals surface area contributed by atoms with Crippen LogP contribution in [-0.4, -0.2) is 216 Å². The monoisotopic (exact) mass is 1600 g/mol. The number of fused-ring (bicyclic) bond motifs is 1. The molecule has 1 aliphatic heterocycles. The first-order valence-electron chi connectivity index (χ1n) is 40.0. The van der Waals surface area contributed by atoms with E-state index in [2.05, 4.69) is 58.2 Å². The Bertz CT molecular complexity index is 3670. The van der Waals surface area contributed by atoms with Crippen LogP contribution in [0.1, 0.15) is 214 Å². The molecule has 1 fully saturated rings. The zero-order chi connectivity index (χ0) is 84.7. The molecule has 1 aromatic heterocycles. The van der Waals surface area contributed by atoms with Gasteiger partial charge in [0.2, 0.25) is 76.8 Å². The number of likely N-dealkylation sites (tertiary alicyclic amines) is 1. The number of unbranched alkanes of at least 4 members (excludes halogenated alkanes) is 12. The van der Waals surface area contributed by atoms with Crippen LogP contribution in [0.5, 0.6) is 0 Å². The number of aromatic nitrogens is 1. The van der Waals surface area contributed by atoms with Gasteiger partial charge in [-0.25, -0.2) is 9.59 Å². The number of aliphatic hydroxyl groups is 3. The van der Waals surface area contributed by atoms with Crippen molar-refractivity contribution in [1.82, 2.24) is 63.1 Å². The second-order valence-corrected chi connectivity index (χ2v) is 30.7. The van der Waals surface area contributed by atoms with Gasteiger partial charge in [-0.2, -0.15) is 0 Å². The minimum absolute atomic E-state index is 0.0343. The smallest absolute Gasteiger partial charge is 0.326 e. The molecule has 20 N–H and O–H groups in total. The van der Waals surface area contributed by atoms with Crippen LogP contribution in [0.2, 0.25) is 0 Å². The Morgan fingerprint density at radius 1 is 0.474 bits per heavy atom. The molecule has 114 heavy (non-hydrogen) atoms. The first kappa shape index (κ1) is 96.3. The summed E-state index contributed by atoms with van der Waals surface area (Å²) in [5.74, 6) is -14.4. The summed E-state index contributed by atoms with van der Waals surface area (Å²) in [5.41, 5.74) is 12.9. The first-order valence-corrected chi connectivity index (χ1v) is 40.0. The van der Waals surface area contributed by atoms with Gasteiger partial charge in [0.15, 0.2) is 0 Å². The van der Waals surface area contributed by atoms with Crippen molar-refractivity contribution in [2.45, 2.75) is 295 Å². The van der Waals surface area contributed by atoms with Gasteiger partial charge in [0.25, 0.3) is 0 Å². The van der Waals surface area contributed by atoms with Crippen molar-refractivity contribution in [3.63, 3.8) is 0 Å². The second kappa shape index (κ2) is 50.2. The average Bonchev–Trinajstić information content (AvgIpc) is 1.58. The zero-order valence-electron chi connectivity index (χ0n) is 67.1. The standard InChI is InChI=1S/C80H124N14O20/c1-9-48(6)67(76(108)93-69(50(8)97)78(110)88-57(40-47(4)5)72(104)90-60(80(113)114)42-52-44-83-54-32-27-26-31-53(52)54)91-70(102)55(36-37-63(81)98)85-75(107)62-33-28-38-94(62)66(101)35-25-20-18-16-14-12-10-11-13-15-17-19-24-34-65(100)84-61(45-95)74(106)92-68(49(7)96)77(109)87-56(39-46(2)3)71(103)86-58(43-64(82)99)73(105)89-59(79(111)112)41-51-29-22-21-23-30-51/h21-23,26-27,29-32,44,46-50,55-62,67-69,83,95-97H,9-20,24-25,28,33-43,45H2,1-8H3,(H2,81,98)(H2,82,99)(H,84,100)(H,85,107)(H,86,103)(H,87,109)(H,88,110)(H,89,105)(H,90,104)(H,91,102)(H,92,106)(H,93,108)(H,111,112)(H,113,114)/t48-,49+,50+,55-,56-,57-,58-,59-,60-,61-,62-,67-,68-,69-/m0/s1. The van der Waals surface area contributed by atoms with Crippen LogP contribution in [0, 0.1) is 17.8 Å². The molecule has 13 amide bonds. The van der Waals surface area contributed by atoms with Gasteiger partial charge in [0.05, 0.1) is 25.2 Å². The Morgan fingerprint density at radius 3 is 1.40 bits per heavy atom. The number of rotatable bonds is 55. The van der Waals surface area contributed by atoms with E-state index in [4.69, 9.17) is 11.5 Å². The van der Waals surface area contributed by atoms with Crippen molar-refractivity contribution in [2.24, 2.45) is 29.2 Å². The molecule has 1 saturated heterocycles. The molecule has 2 aromatic carbocycles. The highest BCUT2D eigenvalue weighted by molar-refractivity contribution is 6.00. The summed E-state index contributed by atoms with van der Waals surface area (Å²) in [7, 11) is 0. The highest BCUT2D eigenvalue weighted by atomic mass is 16.4. The summed E-state index contributed by atoms with van der Waals surface area (Å²) < 4.78 is 0. The van der Waals surface area contributed by atoms with Crippen LogP contribution in [0.25, 0.3) is 10.9 Å². The lowest BCUT2D eigenvalue weighted by atomic mass is 9.96. The van der Waals surface area contributed by atoms with E-state index in [9.17, 15) is 97.5 Å². The number of amides is 13. The summed E-state index contributed by atoms with van der Waals surface area (Å²) in [5, 5.41) is 77.3. The normalized spacial score (nSPS) is 16.1. The number of benzene rings is 2. The number of nitrogens with two attached hydrogens (primary N) is 2. The van der Waals surface area contributed by atoms with Gasteiger partial charge < -0.3 is 100 Å². The van der Waals surface area contributed by atoms with Crippen LogP contribution in [-0.2, 0) is 84.8 Å². The van der Waals surface area contributed by atoms with Crippen molar-refractivity contribution in [3.8, 4) is 0 Å². The molecular formula is C80H124N14O20. The molecular weight excluding hydrogens is 1480 g/mol. The molecule has 0 bridgehead atoms. The maximum atomic E-state index is 14.2. The third-order valence-electron chi connectivity index (χ3n) is 20.1. The number of carboxylic acid groups (broad SMARTS) is 2. The van der Waals surface area contributed by atoms with Crippen molar-refractivity contribution in [3.05, 3.63) is 71.9 Å². The zero-order valence-corrected chi connectivity index (χ0v) is 67.1. The van der Waals surface area contributed by atoms with Crippen LogP contribution < -0.4 is 64.6 Å². The summed E-state index contributed by atoms with van der Waals surface area (Å²) in [6.45, 7) is 12.3. The van der Waals surface area contributed by atoms with Crippen LogP contribution >= 0.6 is 0 Å².